The Morgan fingerprint density at radius 2 is 2.05 bits per heavy atom. The fraction of sp³-hybridized carbons (Fsp3) is 0.0769. The number of pyridine rings is 1. The molecule has 0 aliphatic carbocycles. The number of benzene rings is 1. The molecule has 0 amide bonds. The molecule has 0 fully saturated rings. The monoisotopic (exact) mass is 320 g/mol. The van der Waals surface area contributed by atoms with E-state index in [1.54, 1.807) is 36.0 Å². The molecule has 0 aliphatic rings. The van der Waals surface area contributed by atoms with Crippen LogP contribution >= 0.6 is 11.3 Å². The Morgan fingerprint density at radius 3 is 2.81 bits per heavy atom. The van der Waals surface area contributed by atoms with Crippen LogP contribution in [0.1, 0.15) is 5.01 Å². The first-order valence-corrected chi connectivity index (χ1v) is 8.45. The second kappa shape index (κ2) is 5.40. The molecule has 0 bridgehead atoms. The quantitative estimate of drug-likeness (QED) is 0.714. The zero-order valence-corrected chi connectivity index (χ0v) is 12.5. The molecule has 21 heavy (non-hydrogen) atoms. The van der Waals surface area contributed by atoms with E-state index in [1.165, 1.54) is 17.4 Å². The van der Waals surface area contributed by atoms with Crippen LogP contribution in [0.5, 0.6) is 0 Å². The smallest absolute Gasteiger partial charge is 0.243 e. The van der Waals surface area contributed by atoms with E-state index in [0.717, 1.165) is 0 Å². The van der Waals surface area contributed by atoms with Crippen molar-refractivity contribution in [2.24, 2.45) is 0 Å². The number of hydrogen-bond donors (Lipinski definition) is 2. The SMILES string of the molecule is Nc1ccc(S(=O)(=O)NCc2nccs2)c2ncccc12. The highest BCUT2D eigenvalue weighted by Crippen LogP contribution is 2.25. The fourth-order valence-corrected chi connectivity index (χ4v) is 3.75. The molecule has 2 heterocycles. The lowest BCUT2D eigenvalue weighted by Gasteiger charge is -2.09. The van der Waals surface area contributed by atoms with Gasteiger partial charge in [0.15, 0.2) is 0 Å². The molecule has 6 nitrogen and oxygen atoms in total. The molecule has 1 aromatic carbocycles. The van der Waals surface area contributed by atoms with Crippen LogP contribution in [0.25, 0.3) is 10.9 Å². The second-order valence-corrected chi connectivity index (χ2v) is 7.02. The van der Waals surface area contributed by atoms with Crippen molar-refractivity contribution in [3.8, 4) is 0 Å². The molecular formula is C13H12N4O2S2. The summed E-state index contributed by atoms with van der Waals surface area (Å²) in [5.74, 6) is 0. The number of rotatable bonds is 4. The van der Waals surface area contributed by atoms with Gasteiger partial charge in [0.2, 0.25) is 10.0 Å². The van der Waals surface area contributed by atoms with Gasteiger partial charge in [0.25, 0.3) is 0 Å². The topological polar surface area (TPSA) is 98.0 Å². The first kappa shape index (κ1) is 13.9. The number of sulfonamides is 1. The molecular weight excluding hydrogens is 308 g/mol. The molecule has 3 rings (SSSR count). The summed E-state index contributed by atoms with van der Waals surface area (Å²) in [5.41, 5.74) is 6.72. The van der Waals surface area contributed by atoms with Crippen molar-refractivity contribution in [3.05, 3.63) is 47.0 Å². The van der Waals surface area contributed by atoms with Crippen molar-refractivity contribution < 1.29 is 8.42 Å². The largest absolute Gasteiger partial charge is 0.398 e. The molecule has 3 N–H and O–H groups in total. The number of aromatic nitrogens is 2. The van der Waals surface area contributed by atoms with Gasteiger partial charge in [0.1, 0.15) is 9.90 Å². The Morgan fingerprint density at radius 1 is 1.19 bits per heavy atom. The van der Waals surface area contributed by atoms with E-state index in [2.05, 4.69) is 14.7 Å². The Bertz CT molecular complexity index is 876. The summed E-state index contributed by atoms with van der Waals surface area (Å²) in [6.45, 7) is 0.151. The minimum absolute atomic E-state index is 0.115. The highest BCUT2D eigenvalue weighted by molar-refractivity contribution is 7.89. The zero-order chi connectivity index (χ0) is 14.9. The van der Waals surface area contributed by atoms with E-state index in [0.29, 0.717) is 21.6 Å². The van der Waals surface area contributed by atoms with Gasteiger partial charge >= 0.3 is 0 Å². The average Bonchev–Trinajstić information content (AvgIpc) is 2.99. The van der Waals surface area contributed by atoms with Crippen LogP contribution in [0.15, 0.2) is 46.9 Å². The summed E-state index contributed by atoms with van der Waals surface area (Å²) in [6.07, 6.45) is 3.18. The standard InChI is InChI=1S/C13H12N4O2S2/c14-10-3-4-11(13-9(10)2-1-5-16-13)21(18,19)17-8-12-15-6-7-20-12/h1-7,17H,8,14H2. The summed E-state index contributed by atoms with van der Waals surface area (Å²) in [4.78, 5) is 8.30. The average molecular weight is 320 g/mol. The highest BCUT2D eigenvalue weighted by Gasteiger charge is 2.19. The summed E-state index contributed by atoms with van der Waals surface area (Å²) < 4.78 is 27.4. The van der Waals surface area contributed by atoms with Crippen LogP contribution < -0.4 is 10.5 Å². The fourth-order valence-electron chi connectivity index (χ4n) is 1.96. The van der Waals surface area contributed by atoms with Crippen LogP contribution in [0.4, 0.5) is 5.69 Å². The molecule has 2 aromatic heterocycles. The van der Waals surface area contributed by atoms with Gasteiger partial charge in [0.05, 0.1) is 12.1 Å². The maximum Gasteiger partial charge on any atom is 0.243 e. The normalized spacial score (nSPS) is 11.8. The Hall–Kier alpha value is -2.03. The van der Waals surface area contributed by atoms with E-state index in [4.69, 9.17) is 5.73 Å². The number of fused-ring (bicyclic) bond motifs is 1. The van der Waals surface area contributed by atoms with E-state index >= 15 is 0 Å². The lowest BCUT2D eigenvalue weighted by molar-refractivity contribution is 0.582. The number of nitrogen functional groups attached to an aromatic ring is 1. The van der Waals surface area contributed by atoms with Gasteiger partial charge in [0, 0.05) is 28.8 Å². The van der Waals surface area contributed by atoms with Gasteiger partial charge in [-0.3, -0.25) is 4.98 Å². The Labute approximate surface area is 125 Å². The van der Waals surface area contributed by atoms with Gasteiger partial charge in [-0.25, -0.2) is 18.1 Å². The molecule has 0 saturated carbocycles. The van der Waals surface area contributed by atoms with E-state index in [9.17, 15) is 8.42 Å². The third-order valence-corrected chi connectivity index (χ3v) is 5.17. The lowest BCUT2D eigenvalue weighted by Crippen LogP contribution is -2.23. The summed E-state index contributed by atoms with van der Waals surface area (Å²) in [5, 5.41) is 3.12. The van der Waals surface area contributed by atoms with Crippen molar-refractivity contribution >= 4 is 38.0 Å². The van der Waals surface area contributed by atoms with Crippen LogP contribution in [-0.4, -0.2) is 18.4 Å². The van der Waals surface area contributed by atoms with E-state index < -0.39 is 10.0 Å². The number of anilines is 1. The number of nitrogens with two attached hydrogens (primary N) is 1. The number of hydrogen-bond acceptors (Lipinski definition) is 6. The third kappa shape index (κ3) is 2.73. The van der Waals surface area contributed by atoms with Crippen LogP contribution in [-0.2, 0) is 16.6 Å². The van der Waals surface area contributed by atoms with Crippen molar-refractivity contribution in [2.45, 2.75) is 11.4 Å². The van der Waals surface area contributed by atoms with E-state index in [-0.39, 0.29) is 11.4 Å². The third-order valence-electron chi connectivity index (χ3n) is 2.95. The maximum absolute atomic E-state index is 12.4. The maximum atomic E-state index is 12.4. The molecule has 0 unspecified atom stereocenters. The Balaban J connectivity index is 2.01. The lowest BCUT2D eigenvalue weighted by atomic mass is 10.2. The van der Waals surface area contributed by atoms with Gasteiger partial charge < -0.3 is 5.73 Å². The van der Waals surface area contributed by atoms with Gasteiger partial charge in [-0.15, -0.1) is 11.3 Å². The first-order chi connectivity index (χ1) is 10.1. The van der Waals surface area contributed by atoms with E-state index in [1.807, 2.05) is 0 Å². The Kier molecular flexibility index (Phi) is 3.58. The molecule has 8 heteroatoms. The molecule has 0 atom stereocenters. The molecule has 108 valence electrons. The highest BCUT2D eigenvalue weighted by atomic mass is 32.2. The minimum atomic E-state index is -3.68. The molecule has 0 saturated heterocycles. The van der Waals surface area contributed by atoms with Gasteiger partial charge in [-0.2, -0.15) is 0 Å². The summed E-state index contributed by atoms with van der Waals surface area (Å²) >= 11 is 1.39. The minimum Gasteiger partial charge on any atom is -0.398 e. The van der Waals surface area contributed by atoms with Crippen molar-refractivity contribution in [1.29, 1.82) is 0 Å². The predicted octanol–water partition coefficient (Wildman–Crippen LogP) is 1.75. The van der Waals surface area contributed by atoms with Crippen molar-refractivity contribution in [2.75, 3.05) is 5.73 Å². The summed E-state index contributed by atoms with van der Waals surface area (Å²) in [6, 6.07) is 6.51. The molecule has 0 aliphatic heterocycles. The van der Waals surface area contributed by atoms with Crippen molar-refractivity contribution in [1.82, 2.24) is 14.7 Å². The number of thiazole rings is 1. The molecule has 0 spiro atoms. The van der Waals surface area contributed by atoms with Crippen LogP contribution in [0.3, 0.4) is 0 Å². The predicted molar refractivity (Wildman–Crippen MR) is 82.3 cm³/mol. The second-order valence-electron chi connectivity index (χ2n) is 4.30. The molecule has 0 radical (unpaired) electrons. The first-order valence-electron chi connectivity index (χ1n) is 6.09. The van der Waals surface area contributed by atoms with Gasteiger partial charge in [-0.1, -0.05) is 0 Å². The van der Waals surface area contributed by atoms with Crippen LogP contribution in [0, 0.1) is 0 Å². The summed E-state index contributed by atoms with van der Waals surface area (Å²) in [7, 11) is -3.68. The zero-order valence-electron chi connectivity index (χ0n) is 10.9. The van der Waals surface area contributed by atoms with Crippen molar-refractivity contribution in [3.63, 3.8) is 0 Å². The molecule has 3 aromatic rings. The van der Waals surface area contributed by atoms with Gasteiger partial charge in [-0.05, 0) is 24.3 Å². The number of nitrogens with zero attached hydrogens (tertiary/aromatic N) is 2. The van der Waals surface area contributed by atoms with Crippen LogP contribution in [0.2, 0.25) is 0 Å². The number of nitrogens with one attached hydrogen (secondary N) is 1.